The molecule has 0 aromatic heterocycles. The van der Waals surface area contributed by atoms with E-state index in [1.54, 1.807) is 6.07 Å². The molecule has 57 heavy (non-hydrogen) atoms. The summed E-state index contributed by atoms with van der Waals surface area (Å²) in [6, 6.07) is 23.5. The van der Waals surface area contributed by atoms with Crippen molar-refractivity contribution >= 4 is 48.3 Å². The summed E-state index contributed by atoms with van der Waals surface area (Å²) in [6.07, 6.45) is 1.83. The zero-order valence-electron chi connectivity index (χ0n) is 29.6. The van der Waals surface area contributed by atoms with Gasteiger partial charge in [-0.25, -0.2) is 9.59 Å². The van der Waals surface area contributed by atoms with E-state index in [2.05, 4.69) is 0 Å². The normalized spacial score (nSPS) is 10.6. The number of ketones is 2. The minimum atomic E-state index is -1.28. The number of carbonyl (C=O) groups excluding carboxylic acids is 5. The van der Waals surface area contributed by atoms with Gasteiger partial charge in [-0.2, -0.15) is 0 Å². The van der Waals surface area contributed by atoms with Gasteiger partial charge in [0.15, 0.2) is 35.1 Å². The molecule has 0 spiro atoms. The second-order valence-corrected chi connectivity index (χ2v) is 12.0. The quantitative estimate of drug-likeness (QED) is 0.0322. The first-order valence-corrected chi connectivity index (χ1v) is 16.6. The van der Waals surface area contributed by atoms with Crippen LogP contribution in [0, 0.1) is 5.92 Å². The number of aldehydes is 3. The first kappa shape index (κ1) is 43.5. The molecule has 1 atom stereocenters. The molecule has 0 aliphatic rings. The molecule has 1 unspecified atom stereocenters. The number of hydrogen-bond donors (Lipinski definition) is 7. The summed E-state index contributed by atoms with van der Waals surface area (Å²) in [4.78, 5) is 89.1. The second kappa shape index (κ2) is 20.5. The largest absolute Gasteiger partial charge is 0.504 e. The van der Waals surface area contributed by atoms with Crippen LogP contribution in [0.3, 0.4) is 0 Å². The van der Waals surface area contributed by atoms with Crippen LogP contribution < -0.4 is 0 Å². The molecule has 0 heterocycles. The van der Waals surface area contributed by atoms with Crippen molar-refractivity contribution in [2.75, 3.05) is 0 Å². The first-order chi connectivity index (χ1) is 27.1. The number of hydrogen-bond acceptors (Lipinski definition) is 12. The van der Waals surface area contributed by atoms with Crippen LogP contribution in [0.25, 0.3) is 0 Å². The van der Waals surface area contributed by atoms with E-state index in [1.165, 1.54) is 97.1 Å². The molecule has 0 aliphatic carbocycles. The number of aromatic carboxylic acids is 2. The number of aryl methyl sites for hydroxylation is 1. The van der Waals surface area contributed by atoms with E-state index < -0.39 is 35.4 Å². The fraction of sp³-hybridized carbons (Fsp3) is 0.0952. The predicted molar refractivity (Wildman–Crippen MR) is 201 cm³/mol. The highest BCUT2D eigenvalue weighted by Gasteiger charge is 2.26. The first-order valence-electron chi connectivity index (χ1n) is 16.6. The molecule has 0 saturated heterocycles. The number of phenols is 4. The van der Waals surface area contributed by atoms with Crippen molar-refractivity contribution in [2.45, 2.75) is 19.3 Å². The monoisotopic (exact) mass is 778 g/mol. The number of rotatable bonds is 14. The molecule has 15 nitrogen and oxygen atoms in total. The number of Topliss-reactive ketones (excluding diaryl/α,β-unsaturated/α-hetero) is 1. The van der Waals surface area contributed by atoms with Crippen LogP contribution in [0.15, 0.2) is 103 Å². The molecule has 0 radical (unpaired) electrons. The van der Waals surface area contributed by atoms with E-state index >= 15 is 0 Å². The van der Waals surface area contributed by atoms with Crippen molar-refractivity contribution in [3.63, 3.8) is 0 Å². The van der Waals surface area contributed by atoms with Crippen molar-refractivity contribution in [1.29, 1.82) is 0 Å². The van der Waals surface area contributed by atoms with Gasteiger partial charge in [-0.1, -0.05) is 54.6 Å². The van der Waals surface area contributed by atoms with Gasteiger partial charge in [0.05, 0.1) is 11.1 Å². The number of phenolic OH excluding ortho intramolecular Hbond substituents is 4. The van der Waals surface area contributed by atoms with Crippen LogP contribution in [0.1, 0.15) is 85.3 Å². The number of benzene rings is 5. The predicted octanol–water partition coefficient (Wildman–Crippen LogP) is 5.39. The minimum absolute atomic E-state index is 0.0174. The van der Waals surface area contributed by atoms with E-state index in [-0.39, 0.29) is 70.1 Å². The van der Waals surface area contributed by atoms with Gasteiger partial charge < -0.3 is 35.7 Å². The fourth-order valence-electron chi connectivity index (χ4n) is 5.04. The third-order valence-corrected chi connectivity index (χ3v) is 8.12. The smallest absolute Gasteiger partial charge is 0.335 e. The average Bonchev–Trinajstić information content (AvgIpc) is 3.21. The van der Waals surface area contributed by atoms with Gasteiger partial charge in [-0.15, -0.1) is 0 Å². The van der Waals surface area contributed by atoms with Gasteiger partial charge in [-0.05, 0) is 72.5 Å². The van der Waals surface area contributed by atoms with Crippen LogP contribution in [0.5, 0.6) is 23.0 Å². The van der Waals surface area contributed by atoms with Crippen LogP contribution >= 0.6 is 0 Å². The highest BCUT2D eigenvalue weighted by Crippen LogP contribution is 2.28. The Kier molecular flexibility index (Phi) is 15.6. The van der Waals surface area contributed by atoms with Gasteiger partial charge in [0.2, 0.25) is 0 Å². The Hall–Kier alpha value is -7.94. The lowest BCUT2D eigenvalue weighted by atomic mass is 9.91. The minimum Gasteiger partial charge on any atom is -0.504 e. The highest BCUT2D eigenvalue weighted by atomic mass is 16.4. The molecule has 7 N–H and O–H groups in total. The molecule has 5 aromatic rings. The van der Waals surface area contributed by atoms with Gasteiger partial charge >= 0.3 is 17.9 Å². The SMILES string of the molecule is O=C(O)C(Cc1ccc(O)c(O)c1)C(=O)CCc1ccc(O)c(O)c1.O=Cc1ccc(C(=O)c2cc(C(=O)O)ccc2C=O)cc1.O=Cc1cccc(C(=O)O)c1. The Morgan fingerprint density at radius 1 is 0.526 bits per heavy atom. The van der Waals surface area contributed by atoms with Crippen molar-refractivity contribution in [2.24, 2.45) is 5.92 Å². The van der Waals surface area contributed by atoms with Crippen LogP contribution in [-0.2, 0) is 22.4 Å². The lowest BCUT2D eigenvalue weighted by Crippen LogP contribution is -2.26. The van der Waals surface area contributed by atoms with Gasteiger partial charge in [0.25, 0.3) is 0 Å². The van der Waals surface area contributed by atoms with Crippen LogP contribution in [0.2, 0.25) is 0 Å². The lowest BCUT2D eigenvalue weighted by molar-refractivity contribution is -0.146. The van der Waals surface area contributed by atoms with Crippen LogP contribution in [-0.4, -0.2) is 84.1 Å². The Bertz CT molecular complexity index is 2310. The van der Waals surface area contributed by atoms with Gasteiger partial charge in [0, 0.05) is 34.2 Å². The summed E-state index contributed by atoms with van der Waals surface area (Å²) in [5.41, 5.74) is 2.27. The molecule has 0 saturated carbocycles. The van der Waals surface area contributed by atoms with Crippen molar-refractivity contribution < 1.29 is 74.1 Å². The van der Waals surface area contributed by atoms with Crippen molar-refractivity contribution in [1.82, 2.24) is 0 Å². The van der Waals surface area contributed by atoms with Gasteiger partial charge in [-0.3, -0.25) is 28.8 Å². The van der Waals surface area contributed by atoms with Crippen molar-refractivity contribution in [3.05, 3.63) is 153 Å². The topological polar surface area (TPSA) is 278 Å². The van der Waals surface area contributed by atoms with Crippen LogP contribution in [0.4, 0.5) is 0 Å². The van der Waals surface area contributed by atoms with E-state index in [0.29, 0.717) is 41.1 Å². The maximum Gasteiger partial charge on any atom is 0.335 e. The Morgan fingerprint density at radius 2 is 1.07 bits per heavy atom. The van der Waals surface area contributed by atoms with E-state index in [4.69, 9.17) is 10.2 Å². The molecule has 0 bridgehead atoms. The molecule has 292 valence electrons. The number of aliphatic carboxylic acids is 1. The molecule has 0 amide bonds. The Labute approximate surface area is 323 Å². The Balaban J connectivity index is 0.000000245. The molecule has 15 heteroatoms. The summed E-state index contributed by atoms with van der Waals surface area (Å²) in [7, 11) is 0. The maximum atomic E-state index is 12.4. The highest BCUT2D eigenvalue weighted by molar-refractivity contribution is 6.13. The summed E-state index contributed by atoms with van der Waals surface area (Å²) < 4.78 is 0. The number of carboxylic acid groups (broad SMARTS) is 3. The lowest BCUT2D eigenvalue weighted by Gasteiger charge is -2.12. The summed E-state index contributed by atoms with van der Waals surface area (Å²) >= 11 is 0. The summed E-state index contributed by atoms with van der Waals surface area (Å²) in [5.74, 6) is -7.01. The third kappa shape index (κ3) is 12.6. The third-order valence-electron chi connectivity index (χ3n) is 8.12. The van der Waals surface area contributed by atoms with E-state index in [1.807, 2.05) is 0 Å². The number of carboxylic acids is 3. The average molecular weight is 779 g/mol. The zero-order chi connectivity index (χ0) is 42.2. The summed E-state index contributed by atoms with van der Waals surface area (Å²) in [6.45, 7) is 0. The molecule has 5 rings (SSSR count). The van der Waals surface area contributed by atoms with E-state index in [0.717, 1.165) is 0 Å². The molecular weight excluding hydrogens is 744 g/mol. The van der Waals surface area contributed by atoms with E-state index in [9.17, 15) is 63.9 Å². The van der Waals surface area contributed by atoms with Crippen molar-refractivity contribution in [3.8, 4) is 23.0 Å². The maximum absolute atomic E-state index is 12.4. The number of aromatic hydroxyl groups is 4. The molecule has 5 aromatic carbocycles. The van der Waals surface area contributed by atoms with Gasteiger partial charge in [0.1, 0.15) is 24.3 Å². The molecule has 0 aliphatic heterocycles. The second-order valence-electron chi connectivity index (χ2n) is 12.0. The molecule has 0 fully saturated rings. The molecular formula is C42H34O15. The summed E-state index contributed by atoms with van der Waals surface area (Å²) in [5, 5.41) is 64.2. The standard InChI is InChI=1S/C18H18O7.C16H10O5.C8H6O3/c19-13(4-1-10-2-5-14(20)16(22)8-10)12(18(24)25)7-11-3-6-15(21)17(23)9-11;17-8-10-1-3-11(4-2-10)15(19)14-7-12(16(20)21)5-6-13(14)9-18;9-5-6-2-1-3-7(4-6)8(10)11/h2-3,5-6,8-9,12,20-23H,1,4,7H2,(H,24,25);1-9H,(H,20,21);1-5H,(H,10,11). The Morgan fingerprint density at radius 3 is 1.60 bits per heavy atom. The fourth-order valence-corrected chi connectivity index (χ4v) is 5.04. The number of carbonyl (C=O) groups is 8. The zero-order valence-corrected chi connectivity index (χ0v) is 29.6.